The second kappa shape index (κ2) is 2.40. The van der Waals surface area contributed by atoms with E-state index in [-0.39, 0.29) is 0 Å². The Hall–Kier alpha value is -1.83. The van der Waals surface area contributed by atoms with Crippen LogP contribution in [0.2, 0.25) is 0 Å². The zero-order valence-corrected chi connectivity index (χ0v) is 8.22. The highest BCUT2D eigenvalue weighted by molar-refractivity contribution is 5.47. The number of allylic oxidation sites excluding steroid dienone is 1. The standard InChI is InChI=1S/C13H10N2/c1-2-4-12-10(3-1)8-15-11-6-5-9(7-11)13(15)14-12/h1-6,8,11H,7H2. The first-order valence-corrected chi connectivity index (χ1v) is 5.27. The summed E-state index contributed by atoms with van der Waals surface area (Å²) in [5.41, 5.74) is 1.38. The molecule has 0 aromatic heterocycles. The van der Waals surface area contributed by atoms with Crippen molar-refractivity contribution in [1.82, 2.24) is 4.90 Å². The number of fused-ring (bicyclic) bond motifs is 5. The van der Waals surface area contributed by atoms with Crippen molar-refractivity contribution < 1.29 is 0 Å². The third-order valence-corrected chi connectivity index (χ3v) is 3.28. The Morgan fingerprint density at radius 2 is 2.20 bits per heavy atom. The van der Waals surface area contributed by atoms with Crippen LogP contribution in [0.1, 0.15) is 6.42 Å². The predicted molar refractivity (Wildman–Crippen MR) is 58.1 cm³/mol. The van der Waals surface area contributed by atoms with E-state index < -0.39 is 0 Å². The van der Waals surface area contributed by atoms with Crippen molar-refractivity contribution in [2.45, 2.75) is 12.5 Å². The lowest BCUT2D eigenvalue weighted by Gasteiger charge is -2.24. The zero-order chi connectivity index (χ0) is 9.83. The molecule has 4 rings (SSSR count). The van der Waals surface area contributed by atoms with Gasteiger partial charge in [0.05, 0.1) is 11.4 Å². The molecule has 72 valence electrons. The summed E-state index contributed by atoms with van der Waals surface area (Å²) in [7, 11) is 0. The molecule has 2 nitrogen and oxygen atoms in total. The Morgan fingerprint density at radius 3 is 3.20 bits per heavy atom. The van der Waals surface area contributed by atoms with Gasteiger partial charge in [-0.25, -0.2) is 4.99 Å². The molecular formula is C13H10N2. The molecule has 1 aliphatic carbocycles. The number of benzene rings is 1. The van der Waals surface area contributed by atoms with Crippen LogP contribution in [0.5, 0.6) is 0 Å². The quantitative estimate of drug-likeness (QED) is 0.599. The molecule has 0 saturated heterocycles. The van der Waals surface area contributed by atoms with Crippen molar-refractivity contribution in [3.8, 4) is 0 Å². The lowest BCUT2D eigenvalue weighted by Crippen LogP contribution is -2.36. The summed E-state index contributed by atoms with van der Waals surface area (Å²) >= 11 is 0. The van der Waals surface area contributed by atoms with Crippen LogP contribution >= 0.6 is 0 Å². The third kappa shape index (κ3) is 0.864. The summed E-state index contributed by atoms with van der Waals surface area (Å²) in [6.07, 6.45) is 7.82. The maximum atomic E-state index is 4.71. The summed E-state index contributed by atoms with van der Waals surface area (Å²) in [4.78, 5) is 7.00. The van der Waals surface area contributed by atoms with E-state index in [1.54, 1.807) is 0 Å². The number of para-hydroxylation sites is 1. The number of hydrogen-bond donors (Lipinski definition) is 0. The van der Waals surface area contributed by atoms with E-state index in [0.29, 0.717) is 6.04 Å². The van der Waals surface area contributed by atoms with Crippen LogP contribution in [-0.4, -0.2) is 10.9 Å². The van der Waals surface area contributed by atoms with Gasteiger partial charge in [-0.2, -0.15) is 0 Å². The van der Waals surface area contributed by atoms with E-state index in [4.69, 9.17) is 4.99 Å². The molecule has 1 aromatic rings. The molecule has 2 aliphatic heterocycles. The molecule has 3 aliphatic rings. The molecule has 2 bridgehead atoms. The first kappa shape index (κ1) is 7.46. The van der Waals surface area contributed by atoms with Crippen molar-refractivity contribution in [2.75, 3.05) is 0 Å². The largest absolute Gasteiger partial charge is 0.325 e. The van der Waals surface area contributed by atoms with E-state index in [1.807, 2.05) is 6.07 Å². The second-order valence-electron chi connectivity index (χ2n) is 4.19. The van der Waals surface area contributed by atoms with Crippen molar-refractivity contribution in [2.24, 2.45) is 4.99 Å². The maximum absolute atomic E-state index is 4.71. The summed E-state index contributed by atoms with van der Waals surface area (Å²) in [6.45, 7) is 0. The lowest BCUT2D eigenvalue weighted by molar-refractivity contribution is 0.457. The molecule has 0 radical (unpaired) electrons. The van der Waals surface area contributed by atoms with Crippen LogP contribution < -0.4 is 10.6 Å². The minimum atomic E-state index is 0.520. The monoisotopic (exact) mass is 194 g/mol. The van der Waals surface area contributed by atoms with Crippen LogP contribution in [0.4, 0.5) is 0 Å². The zero-order valence-electron chi connectivity index (χ0n) is 8.22. The Kier molecular flexibility index (Phi) is 1.19. The van der Waals surface area contributed by atoms with E-state index in [0.717, 1.165) is 17.6 Å². The maximum Gasteiger partial charge on any atom is 0.137 e. The van der Waals surface area contributed by atoms with Gasteiger partial charge in [0.25, 0.3) is 0 Å². The fraction of sp³-hybridized carbons (Fsp3) is 0.154. The van der Waals surface area contributed by atoms with Gasteiger partial charge in [-0.15, -0.1) is 0 Å². The van der Waals surface area contributed by atoms with E-state index in [9.17, 15) is 0 Å². The van der Waals surface area contributed by atoms with Crippen LogP contribution in [-0.2, 0) is 0 Å². The number of hydrogen-bond acceptors (Lipinski definition) is 2. The molecule has 0 amide bonds. The van der Waals surface area contributed by atoms with Crippen molar-refractivity contribution in [3.05, 3.63) is 58.4 Å². The van der Waals surface area contributed by atoms with Gasteiger partial charge in [0.2, 0.25) is 0 Å². The summed E-state index contributed by atoms with van der Waals surface area (Å²) < 4.78 is 0. The minimum Gasteiger partial charge on any atom is -0.325 e. The fourth-order valence-electron chi connectivity index (χ4n) is 2.52. The highest BCUT2D eigenvalue weighted by Crippen LogP contribution is 2.36. The topological polar surface area (TPSA) is 15.6 Å². The van der Waals surface area contributed by atoms with Gasteiger partial charge in [-0.1, -0.05) is 30.4 Å². The highest BCUT2D eigenvalue weighted by Gasteiger charge is 2.32. The van der Waals surface area contributed by atoms with Gasteiger partial charge in [0.15, 0.2) is 0 Å². The van der Waals surface area contributed by atoms with Gasteiger partial charge < -0.3 is 4.90 Å². The average molecular weight is 194 g/mol. The molecule has 15 heavy (non-hydrogen) atoms. The van der Waals surface area contributed by atoms with Crippen LogP contribution in [0.3, 0.4) is 0 Å². The van der Waals surface area contributed by atoms with Gasteiger partial charge in [-0.05, 0) is 11.6 Å². The van der Waals surface area contributed by atoms with Crippen LogP contribution in [0, 0.1) is 0 Å². The fourth-order valence-corrected chi connectivity index (χ4v) is 2.52. The summed E-state index contributed by atoms with van der Waals surface area (Å²) in [6, 6.07) is 8.82. The molecule has 0 spiro atoms. The molecule has 2 heteroatoms. The molecule has 1 unspecified atom stereocenters. The minimum absolute atomic E-state index is 0.520. The average Bonchev–Trinajstić information content (AvgIpc) is 2.87. The second-order valence-corrected chi connectivity index (χ2v) is 4.19. The molecule has 0 N–H and O–H groups in total. The van der Waals surface area contributed by atoms with Crippen molar-refractivity contribution in [3.63, 3.8) is 0 Å². The Labute approximate surface area is 87.6 Å². The first-order valence-electron chi connectivity index (χ1n) is 5.27. The van der Waals surface area contributed by atoms with Gasteiger partial charge in [0.1, 0.15) is 5.82 Å². The Morgan fingerprint density at radius 1 is 1.27 bits per heavy atom. The van der Waals surface area contributed by atoms with Crippen molar-refractivity contribution >= 4 is 6.20 Å². The SMILES string of the molecule is C1=CC2CC1=C1N=c3ccccc3=CN12. The molecule has 1 aromatic carbocycles. The van der Waals surface area contributed by atoms with Gasteiger partial charge >= 0.3 is 0 Å². The number of rotatable bonds is 0. The summed E-state index contributed by atoms with van der Waals surface area (Å²) in [5, 5.41) is 2.32. The summed E-state index contributed by atoms with van der Waals surface area (Å²) in [5.74, 6) is 1.15. The molecule has 0 saturated carbocycles. The third-order valence-electron chi connectivity index (χ3n) is 3.28. The van der Waals surface area contributed by atoms with E-state index in [1.165, 1.54) is 10.8 Å². The van der Waals surface area contributed by atoms with Crippen molar-refractivity contribution in [1.29, 1.82) is 0 Å². The smallest absolute Gasteiger partial charge is 0.137 e. The molecule has 1 atom stereocenters. The lowest BCUT2D eigenvalue weighted by atomic mass is 10.2. The predicted octanol–water partition coefficient (Wildman–Crippen LogP) is 0.913. The Bertz CT molecular complexity index is 622. The Balaban J connectivity index is 2.09. The van der Waals surface area contributed by atoms with Gasteiger partial charge in [-0.3, -0.25) is 0 Å². The van der Waals surface area contributed by atoms with Gasteiger partial charge in [0, 0.05) is 17.8 Å². The molecule has 2 heterocycles. The highest BCUT2D eigenvalue weighted by atomic mass is 15.3. The van der Waals surface area contributed by atoms with E-state index in [2.05, 4.69) is 41.5 Å². The molecule has 0 fully saturated rings. The number of nitrogens with zero attached hydrogens (tertiary/aromatic N) is 2. The normalized spacial score (nSPS) is 24.8. The van der Waals surface area contributed by atoms with Crippen LogP contribution in [0.25, 0.3) is 6.20 Å². The molecular weight excluding hydrogens is 184 g/mol. The first-order chi connectivity index (χ1) is 7.42. The van der Waals surface area contributed by atoms with E-state index >= 15 is 0 Å². The van der Waals surface area contributed by atoms with Crippen LogP contribution in [0.15, 0.2) is 52.8 Å².